The number of amides is 2. The minimum absolute atomic E-state index is 0.0287. The average Bonchev–Trinajstić information content (AvgIpc) is 2.86. The van der Waals surface area contributed by atoms with Gasteiger partial charge in [0, 0.05) is 18.5 Å². The van der Waals surface area contributed by atoms with E-state index in [4.69, 9.17) is 11.5 Å². The van der Waals surface area contributed by atoms with Gasteiger partial charge in [0.1, 0.15) is 0 Å². The molecule has 0 bridgehead atoms. The van der Waals surface area contributed by atoms with Crippen LogP contribution in [0.15, 0.2) is 5.38 Å². The minimum atomic E-state index is -0.335. The topological polar surface area (TPSA) is 102 Å². The predicted octanol–water partition coefficient (Wildman–Crippen LogP) is -0.398. The fourth-order valence-electron chi connectivity index (χ4n) is 1.89. The Hall–Kier alpha value is -1.63. The molecule has 4 N–H and O–H groups in total. The molecule has 0 spiro atoms. The second-order valence-electron chi connectivity index (χ2n) is 4.08. The lowest BCUT2D eigenvalue weighted by atomic mass is 10.1. The molecule has 6 nitrogen and oxygen atoms in total. The Bertz CT molecular complexity index is 445. The summed E-state index contributed by atoms with van der Waals surface area (Å²) in [6.45, 7) is 1.01. The number of nitrogen functional groups attached to an aromatic ring is 1. The number of primary amides is 1. The second kappa shape index (κ2) is 4.70. The molecule has 1 saturated heterocycles. The van der Waals surface area contributed by atoms with Crippen LogP contribution in [-0.4, -0.2) is 34.8 Å². The van der Waals surface area contributed by atoms with Crippen LogP contribution in [0.3, 0.4) is 0 Å². The summed E-state index contributed by atoms with van der Waals surface area (Å²) in [6, 6.07) is 0. The van der Waals surface area contributed by atoms with Gasteiger partial charge in [0.25, 0.3) is 0 Å². The van der Waals surface area contributed by atoms with E-state index in [1.54, 1.807) is 10.3 Å². The van der Waals surface area contributed by atoms with Crippen molar-refractivity contribution >= 4 is 28.3 Å². The van der Waals surface area contributed by atoms with Crippen LogP contribution in [0.1, 0.15) is 12.1 Å². The fourth-order valence-corrected chi connectivity index (χ4v) is 2.45. The van der Waals surface area contributed by atoms with Gasteiger partial charge in [0.2, 0.25) is 11.8 Å². The van der Waals surface area contributed by atoms with Gasteiger partial charge in [0.05, 0.1) is 18.0 Å². The summed E-state index contributed by atoms with van der Waals surface area (Å²) in [5.41, 5.74) is 11.4. The Kier molecular flexibility index (Phi) is 3.28. The first-order chi connectivity index (χ1) is 8.06. The number of carbonyl (C=O) groups excluding carboxylic acids is 2. The van der Waals surface area contributed by atoms with Gasteiger partial charge in [-0.1, -0.05) is 0 Å². The Balaban J connectivity index is 1.91. The third kappa shape index (κ3) is 2.73. The number of nitrogens with two attached hydrogens (primary N) is 2. The number of rotatable bonds is 3. The zero-order valence-electron chi connectivity index (χ0n) is 9.26. The Morgan fingerprint density at radius 2 is 2.35 bits per heavy atom. The molecule has 1 aromatic rings. The first-order valence-electron chi connectivity index (χ1n) is 5.33. The van der Waals surface area contributed by atoms with Gasteiger partial charge in [0.15, 0.2) is 5.13 Å². The maximum absolute atomic E-state index is 11.9. The van der Waals surface area contributed by atoms with E-state index in [1.807, 2.05) is 0 Å². The zero-order valence-corrected chi connectivity index (χ0v) is 10.1. The highest BCUT2D eigenvalue weighted by Crippen LogP contribution is 2.18. The number of nitrogens with zero attached hydrogens (tertiary/aromatic N) is 2. The molecule has 17 heavy (non-hydrogen) atoms. The normalized spacial score (nSPS) is 19.5. The first-order valence-corrected chi connectivity index (χ1v) is 6.21. The number of hydrogen-bond donors (Lipinski definition) is 2. The number of hydrogen-bond acceptors (Lipinski definition) is 5. The summed E-state index contributed by atoms with van der Waals surface area (Å²) in [6.07, 6.45) is 0.888. The molecule has 1 unspecified atom stereocenters. The number of anilines is 1. The van der Waals surface area contributed by atoms with E-state index in [0.717, 1.165) is 0 Å². The van der Waals surface area contributed by atoms with Crippen molar-refractivity contribution in [1.29, 1.82) is 0 Å². The number of likely N-dealkylation sites (tertiary alicyclic amines) is 1. The van der Waals surface area contributed by atoms with Crippen LogP contribution >= 0.6 is 11.3 Å². The third-order valence-electron chi connectivity index (χ3n) is 2.85. The first kappa shape index (κ1) is 11.8. The van der Waals surface area contributed by atoms with E-state index in [2.05, 4.69) is 4.98 Å². The second-order valence-corrected chi connectivity index (χ2v) is 4.97. The summed E-state index contributed by atoms with van der Waals surface area (Å²) in [7, 11) is 0. The van der Waals surface area contributed by atoms with Gasteiger partial charge in [-0.25, -0.2) is 4.98 Å². The average molecular weight is 254 g/mol. The molecule has 0 aromatic carbocycles. The Morgan fingerprint density at radius 1 is 1.59 bits per heavy atom. The molecule has 2 amide bonds. The van der Waals surface area contributed by atoms with Crippen molar-refractivity contribution in [3.8, 4) is 0 Å². The molecule has 0 radical (unpaired) electrons. The SMILES string of the molecule is NC(=O)C1CCN(C(=O)Cc2csc(N)n2)C1. The van der Waals surface area contributed by atoms with E-state index >= 15 is 0 Å². The van der Waals surface area contributed by atoms with Crippen molar-refractivity contribution in [2.24, 2.45) is 11.7 Å². The van der Waals surface area contributed by atoms with Gasteiger partial charge < -0.3 is 16.4 Å². The van der Waals surface area contributed by atoms with Crippen molar-refractivity contribution in [2.75, 3.05) is 18.8 Å². The van der Waals surface area contributed by atoms with Gasteiger partial charge >= 0.3 is 0 Å². The van der Waals surface area contributed by atoms with E-state index < -0.39 is 0 Å². The molecule has 0 saturated carbocycles. The summed E-state index contributed by atoms with van der Waals surface area (Å²) in [5, 5.41) is 2.23. The number of aromatic nitrogens is 1. The molecule has 2 heterocycles. The lowest BCUT2D eigenvalue weighted by molar-refractivity contribution is -0.129. The number of carbonyl (C=O) groups is 2. The maximum atomic E-state index is 11.9. The third-order valence-corrected chi connectivity index (χ3v) is 3.57. The molecule has 1 fully saturated rings. The van der Waals surface area contributed by atoms with Crippen molar-refractivity contribution < 1.29 is 9.59 Å². The van der Waals surface area contributed by atoms with Crippen molar-refractivity contribution in [2.45, 2.75) is 12.8 Å². The molecular formula is C10H14N4O2S. The molecule has 1 aromatic heterocycles. The van der Waals surface area contributed by atoms with Crippen molar-refractivity contribution in [3.05, 3.63) is 11.1 Å². The highest BCUT2D eigenvalue weighted by atomic mass is 32.1. The van der Waals surface area contributed by atoms with Crippen LogP contribution < -0.4 is 11.5 Å². The number of thiazole rings is 1. The largest absolute Gasteiger partial charge is 0.375 e. The maximum Gasteiger partial charge on any atom is 0.228 e. The van der Waals surface area contributed by atoms with E-state index in [1.165, 1.54) is 11.3 Å². The molecule has 7 heteroatoms. The van der Waals surface area contributed by atoms with Crippen LogP contribution in [-0.2, 0) is 16.0 Å². The monoisotopic (exact) mass is 254 g/mol. The summed E-state index contributed by atoms with van der Waals surface area (Å²) < 4.78 is 0. The lowest BCUT2D eigenvalue weighted by Gasteiger charge is -2.14. The standard InChI is InChI=1S/C10H14N4O2S/c11-9(16)6-1-2-14(4-6)8(15)3-7-5-17-10(12)13-7/h5-6H,1-4H2,(H2,11,16)(H2,12,13). The molecular weight excluding hydrogens is 240 g/mol. The van der Waals surface area contributed by atoms with Crippen LogP contribution in [0.25, 0.3) is 0 Å². The quantitative estimate of drug-likeness (QED) is 0.766. The highest BCUT2D eigenvalue weighted by molar-refractivity contribution is 7.13. The molecule has 0 aliphatic carbocycles. The van der Waals surface area contributed by atoms with Crippen LogP contribution in [0.2, 0.25) is 0 Å². The van der Waals surface area contributed by atoms with Crippen LogP contribution in [0.4, 0.5) is 5.13 Å². The smallest absolute Gasteiger partial charge is 0.228 e. The van der Waals surface area contributed by atoms with E-state index in [9.17, 15) is 9.59 Å². The van der Waals surface area contributed by atoms with Gasteiger partial charge in [-0.3, -0.25) is 9.59 Å². The molecule has 2 rings (SSSR count). The zero-order chi connectivity index (χ0) is 12.4. The lowest BCUT2D eigenvalue weighted by Crippen LogP contribution is -2.32. The van der Waals surface area contributed by atoms with Crippen LogP contribution in [0, 0.1) is 5.92 Å². The molecule has 1 atom stereocenters. The van der Waals surface area contributed by atoms with Crippen LogP contribution in [0.5, 0.6) is 0 Å². The van der Waals surface area contributed by atoms with Crippen molar-refractivity contribution in [1.82, 2.24) is 9.88 Å². The predicted molar refractivity (Wildman–Crippen MR) is 64.1 cm³/mol. The van der Waals surface area contributed by atoms with Crippen molar-refractivity contribution in [3.63, 3.8) is 0 Å². The molecule has 1 aliphatic rings. The van der Waals surface area contributed by atoms with E-state index in [0.29, 0.717) is 30.3 Å². The van der Waals surface area contributed by atoms with Gasteiger partial charge in [-0.2, -0.15) is 0 Å². The molecule has 92 valence electrons. The van der Waals surface area contributed by atoms with Gasteiger partial charge in [-0.15, -0.1) is 11.3 Å². The van der Waals surface area contributed by atoms with E-state index in [-0.39, 0.29) is 24.2 Å². The molecule has 1 aliphatic heterocycles. The Morgan fingerprint density at radius 3 is 2.88 bits per heavy atom. The van der Waals surface area contributed by atoms with Gasteiger partial charge in [-0.05, 0) is 6.42 Å². The highest BCUT2D eigenvalue weighted by Gasteiger charge is 2.29. The Labute approximate surface area is 103 Å². The fraction of sp³-hybridized carbons (Fsp3) is 0.500. The minimum Gasteiger partial charge on any atom is -0.375 e. The summed E-state index contributed by atoms with van der Waals surface area (Å²) in [5.74, 6) is -0.572. The summed E-state index contributed by atoms with van der Waals surface area (Å²) in [4.78, 5) is 28.6. The summed E-state index contributed by atoms with van der Waals surface area (Å²) >= 11 is 1.32.